The van der Waals surface area contributed by atoms with Gasteiger partial charge in [-0.2, -0.15) is 0 Å². The lowest BCUT2D eigenvalue weighted by Gasteiger charge is -2.37. The number of ether oxygens (including phenoxy) is 1. The van der Waals surface area contributed by atoms with Crippen LogP contribution in [0.15, 0.2) is 0 Å². The first-order chi connectivity index (χ1) is 8.81. The van der Waals surface area contributed by atoms with Crippen molar-refractivity contribution in [1.82, 2.24) is 10.2 Å². The van der Waals surface area contributed by atoms with Gasteiger partial charge < -0.3 is 15.8 Å². The van der Waals surface area contributed by atoms with E-state index in [1.807, 2.05) is 0 Å². The fraction of sp³-hybridized carbons (Fsp3) is 1.00. The summed E-state index contributed by atoms with van der Waals surface area (Å²) in [7, 11) is 0. The average molecular weight is 253 g/mol. The van der Waals surface area contributed by atoms with Crippen LogP contribution in [-0.4, -0.2) is 56.4 Å². The number of hydrogen-bond acceptors (Lipinski definition) is 4. The Morgan fingerprint density at radius 1 is 1.22 bits per heavy atom. The summed E-state index contributed by atoms with van der Waals surface area (Å²) in [4.78, 5) is 2.66. The van der Waals surface area contributed by atoms with E-state index >= 15 is 0 Å². The van der Waals surface area contributed by atoms with Gasteiger partial charge in [-0.1, -0.05) is 0 Å². The average Bonchev–Trinajstić information content (AvgIpc) is 3.17. The first kappa shape index (κ1) is 12.9. The van der Waals surface area contributed by atoms with Gasteiger partial charge in [-0.25, -0.2) is 0 Å². The van der Waals surface area contributed by atoms with Gasteiger partial charge in [0.1, 0.15) is 0 Å². The molecule has 0 radical (unpaired) electrons. The monoisotopic (exact) mass is 253 g/mol. The van der Waals surface area contributed by atoms with Crippen molar-refractivity contribution in [3.63, 3.8) is 0 Å². The lowest BCUT2D eigenvalue weighted by Crippen LogP contribution is -2.47. The maximum absolute atomic E-state index is 6.00. The topological polar surface area (TPSA) is 50.5 Å². The molecule has 4 heteroatoms. The summed E-state index contributed by atoms with van der Waals surface area (Å²) in [5.41, 5.74) is 6.30. The van der Waals surface area contributed by atoms with Crippen LogP contribution in [0.3, 0.4) is 0 Å². The van der Waals surface area contributed by atoms with Gasteiger partial charge in [0.25, 0.3) is 0 Å². The third kappa shape index (κ3) is 2.87. The quantitative estimate of drug-likeness (QED) is 0.752. The molecular formula is C14H27N3O. The molecule has 18 heavy (non-hydrogen) atoms. The zero-order valence-electron chi connectivity index (χ0n) is 11.4. The Bertz CT molecular complexity index is 274. The van der Waals surface area contributed by atoms with E-state index in [9.17, 15) is 0 Å². The minimum absolute atomic E-state index is 0.297. The van der Waals surface area contributed by atoms with E-state index in [4.69, 9.17) is 10.5 Å². The first-order valence-electron chi connectivity index (χ1n) is 7.57. The molecular weight excluding hydrogens is 226 g/mol. The molecule has 1 unspecified atom stereocenters. The number of nitrogens with zero attached hydrogens (tertiary/aromatic N) is 1. The minimum atomic E-state index is 0.297. The summed E-state index contributed by atoms with van der Waals surface area (Å²) >= 11 is 0. The zero-order valence-corrected chi connectivity index (χ0v) is 11.4. The van der Waals surface area contributed by atoms with E-state index in [1.54, 1.807) is 0 Å². The molecule has 0 aromatic carbocycles. The van der Waals surface area contributed by atoms with Crippen LogP contribution in [0.5, 0.6) is 0 Å². The molecule has 0 aromatic heterocycles. The molecule has 0 amide bonds. The van der Waals surface area contributed by atoms with Gasteiger partial charge in [-0.05, 0) is 44.1 Å². The summed E-state index contributed by atoms with van der Waals surface area (Å²) in [6.45, 7) is 6.19. The Morgan fingerprint density at radius 2 is 2.00 bits per heavy atom. The molecule has 3 N–H and O–H groups in total. The fourth-order valence-corrected chi connectivity index (χ4v) is 3.34. The van der Waals surface area contributed by atoms with Gasteiger partial charge in [0.05, 0.1) is 0 Å². The fourth-order valence-electron chi connectivity index (χ4n) is 3.34. The number of hydrogen-bond donors (Lipinski definition) is 2. The van der Waals surface area contributed by atoms with Crippen LogP contribution >= 0.6 is 0 Å². The summed E-state index contributed by atoms with van der Waals surface area (Å²) in [5.74, 6) is 0. The maximum atomic E-state index is 6.00. The number of nitrogens with one attached hydrogen (secondary N) is 1. The van der Waals surface area contributed by atoms with Crippen molar-refractivity contribution in [2.45, 2.75) is 44.2 Å². The molecule has 0 aromatic rings. The van der Waals surface area contributed by atoms with Crippen molar-refractivity contribution < 1.29 is 4.74 Å². The predicted molar refractivity (Wildman–Crippen MR) is 72.5 cm³/mol. The van der Waals surface area contributed by atoms with Crippen molar-refractivity contribution >= 4 is 0 Å². The van der Waals surface area contributed by atoms with E-state index in [-0.39, 0.29) is 0 Å². The summed E-state index contributed by atoms with van der Waals surface area (Å²) in [6.07, 6.45) is 6.41. The van der Waals surface area contributed by atoms with Crippen LogP contribution in [0.1, 0.15) is 32.1 Å². The van der Waals surface area contributed by atoms with Crippen molar-refractivity contribution in [3.05, 3.63) is 0 Å². The summed E-state index contributed by atoms with van der Waals surface area (Å²) in [6, 6.07) is 1.61. The van der Waals surface area contributed by atoms with E-state index in [0.29, 0.717) is 11.5 Å². The molecule has 4 nitrogen and oxygen atoms in total. The molecule has 2 heterocycles. The Hall–Kier alpha value is -0.160. The third-order valence-corrected chi connectivity index (χ3v) is 5.04. The standard InChI is InChI=1S/C14H27N3O/c15-10-14(4-7-18-8-5-14)11-16-12-3-6-17(9-12)13-1-2-13/h12-13,16H,1-11,15H2. The highest BCUT2D eigenvalue weighted by Gasteiger charge is 2.36. The highest BCUT2D eigenvalue weighted by molar-refractivity contribution is 4.93. The van der Waals surface area contributed by atoms with Gasteiger partial charge in [0.15, 0.2) is 0 Å². The Kier molecular flexibility index (Phi) is 3.89. The lowest BCUT2D eigenvalue weighted by molar-refractivity contribution is 0.0181. The number of rotatable bonds is 5. The normalized spacial score (nSPS) is 32.8. The number of nitrogens with two attached hydrogens (primary N) is 1. The molecule has 1 saturated carbocycles. The predicted octanol–water partition coefficient (Wildman–Crippen LogP) is 0.568. The van der Waals surface area contributed by atoms with Crippen LogP contribution in [0.2, 0.25) is 0 Å². The molecule has 2 aliphatic heterocycles. The van der Waals surface area contributed by atoms with Gasteiger partial charge in [-0.3, -0.25) is 4.90 Å². The van der Waals surface area contributed by atoms with Crippen LogP contribution in [0.25, 0.3) is 0 Å². The minimum Gasteiger partial charge on any atom is -0.381 e. The molecule has 3 aliphatic rings. The summed E-state index contributed by atoms with van der Waals surface area (Å²) < 4.78 is 5.46. The molecule has 1 aliphatic carbocycles. The highest BCUT2D eigenvalue weighted by atomic mass is 16.5. The van der Waals surface area contributed by atoms with Gasteiger partial charge in [0.2, 0.25) is 0 Å². The van der Waals surface area contributed by atoms with Gasteiger partial charge in [-0.15, -0.1) is 0 Å². The second-order valence-corrected chi connectivity index (χ2v) is 6.41. The van der Waals surface area contributed by atoms with Crippen LogP contribution < -0.4 is 11.1 Å². The Labute approximate surface area is 110 Å². The third-order valence-electron chi connectivity index (χ3n) is 5.04. The largest absolute Gasteiger partial charge is 0.381 e. The molecule has 104 valence electrons. The molecule has 1 atom stereocenters. The van der Waals surface area contributed by atoms with Crippen molar-refractivity contribution in [2.75, 3.05) is 39.4 Å². The number of likely N-dealkylation sites (tertiary alicyclic amines) is 1. The van der Waals surface area contributed by atoms with Crippen molar-refractivity contribution in [2.24, 2.45) is 11.1 Å². The van der Waals surface area contributed by atoms with Gasteiger partial charge >= 0.3 is 0 Å². The smallest absolute Gasteiger partial charge is 0.0472 e. The lowest BCUT2D eigenvalue weighted by atomic mass is 9.80. The van der Waals surface area contributed by atoms with Crippen LogP contribution in [0.4, 0.5) is 0 Å². The SMILES string of the molecule is NCC1(CNC2CCN(C3CC3)C2)CCOCC1. The Balaban J connectivity index is 1.45. The zero-order chi connectivity index (χ0) is 12.4. The van der Waals surface area contributed by atoms with Crippen molar-refractivity contribution in [3.8, 4) is 0 Å². The second-order valence-electron chi connectivity index (χ2n) is 6.41. The van der Waals surface area contributed by atoms with Gasteiger partial charge in [0, 0.05) is 44.9 Å². The summed E-state index contributed by atoms with van der Waals surface area (Å²) in [5, 5.41) is 3.78. The van der Waals surface area contributed by atoms with E-state index in [1.165, 1.54) is 32.4 Å². The van der Waals surface area contributed by atoms with Crippen molar-refractivity contribution in [1.29, 1.82) is 0 Å². The van der Waals surface area contributed by atoms with Crippen LogP contribution in [-0.2, 0) is 4.74 Å². The van der Waals surface area contributed by atoms with E-state index < -0.39 is 0 Å². The molecule has 3 fully saturated rings. The Morgan fingerprint density at radius 3 is 2.67 bits per heavy atom. The second kappa shape index (κ2) is 5.45. The van der Waals surface area contributed by atoms with E-state index in [0.717, 1.165) is 45.2 Å². The molecule has 3 rings (SSSR count). The molecule has 0 spiro atoms. The van der Waals surface area contributed by atoms with Crippen LogP contribution in [0, 0.1) is 5.41 Å². The first-order valence-corrected chi connectivity index (χ1v) is 7.57. The molecule has 0 bridgehead atoms. The maximum Gasteiger partial charge on any atom is 0.0472 e. The molecule has 2 saturated heterocycles. The highest BCUT2D eigenvalue weighted by Crippen LogP contribution is 2.31. The van der Waals surface area contributed by atoms with E-state index in [2.05, 4.69) is 10.2 Å².